The summed E-state index contributed by atoms with van der Waals surface area (Å²) in [5, 5.41) is 1.18. The van der Waals surface area contributed by atoms with Gasteiger partial charge in [-0.05, 0) is 50.8 Å². The second kappa shape index (κ2) is 6.98. The minimum Gasteiger partial charge on any atom is -0.376 e. The molecule has 0 bridgehead atoms. The van der Waals surface area contributed by atoms with Gasteiger partial charge in [0.1, 0.15) is 5.69 Å². The van der Waals surface area contributed by atoms with Crippen LogP contribution in [0.4, 0.5) is 0 Å². The van der Waals surface area contributed by atoms with Gasteiger partial charge in [0, 0.05) is 37.6 Å². The van der Waals surface area contributed by atoms with E-state index in [1.54, 1.807) is 0 Å². The van der Waals surface area contributed by atoms with Gasteiger partial charge < -0.3 is 14.2 Å². The van der Waals surface area contributed by atoms with Crippen LogP contribution >= 0.6 is 0 Å². The Kier molecular flexibility index (Phi) is 4.95. The molecule has 130 valence electrons. The Morgan fingerprint density at radius 2 is 2.17 bits per heavy atom. The molecule has 1 fully saturated rings. The fourth-order valence-electron chi connectivity index (χ4n) is 3.78. The Morgan fingerprint density at radius 3 is 2.83 bits per heavy atom. The maximum absolute atomic E-state index is 13.3. The highest BCUT2D eigenvalue weighted by atomic mass is 16.5. The standard InChI is InChI=1S/C20H28N2O2/c1-5-10-22(13-16-7-6-11-24-16)20(23)19-15(3)17-12-14(2)8-9-18(17)21(19)4/h8-9,12,16H,5-7,10-11,13H2,1-4H3. The zero-order chi connectivity index (χ0) is 17.3. The second-order valence-corrected chi connectivity index (χ2v) is 6.94. The molecular formula is C20H28N2O2. The summed E-state index contributed by atoms with van der Waals surface area (Å²) in [6.45, 7) is 8.57. The number of carbonyl (C=O) groups is 1. The first-order valence-corrected chi connectivity index (χ1v) is 8.99. The van der Waals surface area contributed by atoms with E-state index in [0.717, 1.165) is 49.2 Å². The van der Waals surface area contributed by atoms with Crippen molar-refractivity contribution < 1.29 is 9.53 Å². The lowest BCUT2D eigenvalue weighted by molar-refractivity contribution is 0.0519. The maximum atomic E-state index is 13.3. The lowest BCUT2D eigenvalue weighted by Gasteiger charge is -2.25. The first kappa shape index (κ1) is 17.0. The van der Waals surface area contributed by atoms with Crippen LogP contribution in [0, 0.1) is 13.8 Å². The maximum Gasteiger partial charge on any atom is 0.270 e. The van der Waals surface area contributed by atoms with Gasteiger partial charge in [0.2, 0.25) is 0 Å². The number of fused-ring (bicyclic) bond motifs is 1. The van der Waals surface area contributed by atoms with Crippen molar-refractivity contribution in [1.29, 1.82) is 0 Å². The second-order valence-electron chi connectivity index (χ2n) is 6.94. The number of nitrogens with zero attached hydrogens (tertiary/aromatic N) is 2. The number of hydrogen-bond donors (Lipinski definition) is 0. The quantitative estimate of drug-likeness (QED) is 0.836. The molecule has 0 N–H and O–H groups in total. The number of aromatic nitrogens is 1. The first-order chi connectivity index (χ1) is 11.5. The Hall–Kier alpha value is -1.81. The van der Waals surface area contributed by atoms with Gasteiger partial charge in [0.25, 0.3) is 5.91 Å². The lowest BCUT2D eigenvalue weighted by Crippen LogP contribution is -2.39. The van der Waals surface area contributed by atoms with E-state index in [1.807, 2.05) is 16.5 Å². The Morgan fingerprint density at radius 1 is 1.38 bits per heavy atom. The molecule has 0 saturated carbocycles. The van der Waals surface area contributed by atoms with Crippen LogP contribution in [-0.2, 0) is 11.8 Å². The number of rotatable bonds is 5. The molecule has 1 amide bonds. The molecule has 4 nitrogen and oxygen atoms in total. The molecule has 3 rings (SSSR count). The van der Waals surface area contributed by atoms with E-state index in [0.29, 0.717) is 6.54 Å². The van der Waals surface area contributed by atoms with Gasteiger partial charge in [-0.3, -0.25) is 4.79 Å². The van der Waals surface area contributed by atoms with Crippen molar-refractivity contribution in [3.8, 4) is 0 Å². The van der Waals surface area contributed by atoms with E-state index in [1.165, 1.54) is 10.9 Å². The van der Waals surface area contributed by atoms with Crippen LogP contribution < -0.4 is 0 Å². The summed E-state index contributed by atoms with van der Waals surface area (Å²) in [7, 11) is 1.99. The number of aryl methyl sites for hydroxylation is 3. The molecule has 1 atom stereocenters. The van der Waals surface area contributed by atoms with Crippen LogP contribution in [0.2, 0.25) is 0 Å². The fourth-order valence-corrected chi connectivity index (χ4v) is 3.78. The smallest absolute Gasteiger partial charge is 0.270 e. The minimum absolute atomic E-state index is 0.126. The molecule has 0 radical (unpaired) electrons. The van der Waals surface area contributed by atoms with E-state index >= 15 is 0 Å². The van der Waals surface area contributed by atoms with Gasteiger partial charge in [-0.2, -0.15) is 0 Å². The summed E-state index contributed by atoms with van der Waals surface area (Å²) in [6.07, 6.45) is 3.31. The minimum atomic E-state index is 0.126. The van der Waals surface area contributed by atoms with E-state index in [-0.39, 0.29) is 12.0 Å². The van der Waals surface area contributed by atoms with Crippen molar-refractivity contribution in [3.05, 3.63) is 35.0 Å². The van der Waals surface area contributed by atoms with E-state index in [9.17, 15) is 4.79 Å². The largest absolute Gasteiger partial charge is 0.376 e. The Labute approximate surface area is 144 Å². The first-order valence-electron chi connectivity index (χ1n) is 8.99. The normalized spacial score (nSPS) is 17.6. The molecular weight excluding hydrogens is 300 g/mol. The van der Waals surface area contributed by atoms with E-state index in [2.05, 4.69) is 39.0 Å². The molecule has 2 aromatic rings. The molecule has 1 saturated heterocycles. The summed E-state index contributed by atoms with van der Waals surface area (Å²) < 4.78 is 7.80. The molecule has 2 heterocycles. The summed E-state index contributed by atoms with van der Waals surface area (Å²) >= 11 is 0. The molecule has 1 aliphatic rings. The molecule has 1 aromatic heterocycles. The molecule has 1 aromatic carbocycles. The molecule has 1 unspecified atom stereocenters. The zero-order valence-corrected chi connectivity index (χ0v) is 15.3. The average molecular weight is 328 g/mol. The van der Waals surface area contributed by atoms with Gasteiger partial charge in [-0.25, -0.2) is 0 Å². The van der Waals surface area contributed by atoms with E-state index < -0.39 is 0 Å². The third-order valence-electron chi connectivity index (χ3n) is 5.04. The third kappa shape index (κ3) is 3.07. The van der Waals surface area contributed by atoms with Crippen molar-refractivity contribution in [2.75, 3.05) is 19.7 Å². The Bertz CT molecular complexity index is 742. The molecule has 1 aliphatic heterocycles. The van der Waals surface area contributed by atoms with E-state index in [4.69, 9.17) is 4.74 Å². The van der Waals surface area contributed by atoms with Gasteiger partial charge in [0.05, 0.1) is 6.10 Å². The number of carbonyl (C=O) groups excluding carboxylic acids is 1. The van der Waals surface area contributed by atoms with Crippen LogP contribution in [0.3, 0.4) is 0 Å². The predicted molar refractivity (Wildman–Crippen MR) is 97.6 cm³/mol. The Balaban J connectivity index is 1.95. The third-order valence-corrected chi connectivity index (χ3v) is 5.04. The predicted octanol–water partition coefficient (Wildman–Crippen LogP) is 3.83. The summed E-state index contributed by atoms with van der Waals surface area (Å²) in [6, 6.07) is 6.39. The monoisotopic (exact) mass is 328 g/mol. The number of amides is 1. The number of benzene rings is 1. The summed E-state index contributed by atoms with van der Waals surface area (Å²) in [5.74, 6) is 0.126. The zero-order valence-electron chi connectivity index (χ0n) is 15.3. The van der Waals surface area contributed by atoms with Crippen LogP contribution in [0.25, 0.3) is 10.9 Å². The van der Waals surface area contributed by atoms with Gasteiger partial charge >= 0.3 is 0 Å². The highest BCUT2D eigenvalue weighted by Crippen LogP contribution is 2.27. The van der Waals surface area contributed by atoms with Gasteiger partial charge in [0.15, 0.2) is 0 Å². The lowest BCUT2D eigenvalue weighted by atomic mass is 10.1. The van der Waals surface area contributed by atoms with Crippen molar-refractivity contribution >= 4 is 16.8 Å². The van der Waals surface area contributed by atoms with Crippen LogP contribution in [0.15, 0.2) is 18.2 Å². The van der Waals surface area contributed by atoms with Crippen molar-refractivity contribution in [2.24, 2.45) is 7.05 Å². The summed E-state index contributed by atoms with van der Waals surface area (Å²) in [5.41, 5.74) is 4.23. The van der Waals surface area contributed by atoms with Crippen LogP contribution in [-0.4, -0.2) is 41.2 Å². The number of ether oxygens (including phenoxy) is 1. The number of hydrogen-bond acceptors (Lipinski definition) is 2. The van der Waals surface area contributed by atoms with Crippen LogP contribution in [0.1, 0.15) is 47.8 Å². The highest BCUT2D eigenvalue weighted by Gasteiger charge is 2.26. The average Bonchev–Trinajstić information content (AvgIpc) is 3.14. The topological polar surface area (TPSA) is 34.5 Å². The molecule has 0 spiro atoms. The SMILES string of the molecule is CCCN(CC1CCCO1)C(=O)c1c(C)c2cc(C)ccc2n1C. The molecule has 4 heteroatoms. The molecule has 24 heavy (non-hydrogen) atoms. The van der Waals surface area contributed by atoms with Crippen molar-refractivity contribution in [1.82, 2.24) is 9.47 Å². The van der Waals surface area contributed by atoms with Crippen molar-refractivity contribution in [2.45, 2.75) is 46.1 Å². The summed E-state index contributed by atoms with van der Waals surface area (Å²) in [4.78, 5) is 15.2. The van der Waals surface area contributed by atoms with Gasteiger partial charge in [-0.1, -0.05) is 18.6 Å². The van der Waals surface area contributed by atoms with Crippen LogP contribution in [0.5, 0.6) is 0 Å². The van der Waals surface area contributed by atoms with Gasteiger partial charge in [-0.15, -0.1) is 0 Å². The highest BCUT2D eigenvalue weighted by molar-refractivity contribution is 6.01. The van der Waals surface area contributed by atoms with Crippen molar-refractivity contribution in [3.63, 3.8) is 0 Å². The molecule has 0 aliphatic carbocycles. The fraction of sp³-hybridized carbons (Fsp3) is 0.550.